The third-order valence-corrected chi connectivity index (χ3v) is 5.87. The van der Waals surface area contributed by atoms with Gasteiger partial charge in [-0.15, -0.1) is 0 Å². The first-order valence-corrected chi connectivity index (χ1v) is 12.5. The van der Waals surface area contributed by atoms with Gasteiger partial charge in [-0.05, 0) is 17.5 Å². The molecule has 1 aliphatic rings. The van der Waals surface area contributed by atoms with E-state index in [-0.39, 0.29) is 11.9 Å². The van der Waals surface area contributed by atoms with Gasteiger partial charge in [0.15, 0.2) is 18.3 Å². The van der Waals surface area contributed by atoms with Gasteiger partial charge in [0, 0.05) is 39.0 Å². The van der Waals surface area contributed by atoms with Crippen LogP contribution in [-0.2, 0) is 55.7 Å². The number of aromatic nitrogens is 2. The second kappa shape index (κ2) is 13.7. The van der Waals surface area contributed by atoms with Crippen molar-refractivity contribution in [1.82, 2.24) is 9.97 Å². The third kappa shape index (κ3) is 7.65. The van der Waals surface area contributed by atoms with Crippen molar-refractivity contribution < 1.29 is 52.3 Å². The summed E-state index contributed by atoms with van der Waals surface area (Å²) in [5, 5.41) is 0. The van der Waals surface area contributed by atoms with Gasteiger partial charge >= 0.3 is 29.9 Å². The van der Waals surface area contributed by atoms with Crippen LogP contribution in [0.2, 0.25) is 0 Å². The zero-order valence-electron chi connectivity index (χ0n) is 23.1. The van der Waals surface area contributed by atoms with Crippen molar-refractivity contribution in [2.24, 2.45) is 0 Å². The van der Waals surface area contributed by atoms with Crippen molar-refractivity contribution in [1.29, 1.82) is 0 Å². The van der Waals surface area contributed by atoms with Crippen molar-refractivity contribution in [3.05, 3.63) is 47.2 Å². The minimum atomic E-state index is -1.61. The summed E-state index contributed by atoms with van der Waals surface area (Å²) >= 11 is 0. The van der Waals surface area contributed by atoms with Gasteiger partial charge in [0.05, 0.1) is 14.2 Å². The monoisotopic (exact) mass is 560 g/mol. The van der Waals surface area contributed by atoms with Crippen LogP contribution in [0.4, 0.5) is 0 Å². The summed E-state index contributed by atoms with van der Waals surface area (Å²) in [4.78, 5) is 57.1. The molecule has 0 spiro atoms. The lowest BCUT2D eigenvalue weighted by Gasteiger charge is -2.43. The van der Waals surface area contributed by atoms with E-state index in [1.54, 1.807) is 0 Å². The van der Waals surface area contributed by atoms with Crippen LogP contribution in [0, 0.1) is 0 Å². The van der Waals surface area contributed by atoms with Crippen LogP contribution in [-0.4, -0.2) is 78.8 Å². The fraction of sp³-hybridized carbons (Fsp3) is 0.481. The van der Waals surface area contributed by atoms with Crippen molar-refractivity contribution in [3.8, 4) is 11.9 Å². The quantitative estimate of drug-likeness (QED) is 0.306. The summed E-state index contributed by atoms with van der Waals surface area (Å²) in [6.07, 6.45) is -4.94. The second-order valence-electron chi connectivity index (χ2n) is 8.82. The molecule has 0 radical (unpaired) electrons. The molecule has 40 heavy (non-hydrogen) atoms. The number of nitrogens with zero attached hydrogens (tertiary/aromatic N) is 2. The highest BCUT2D eigenvalue weighted by Gasteiger charge is 2.56. The predicted octanol–water partition coefficient (Wildman–Crippen LogP) is 1.71. The number of hydrogen-bond donors (Lipinski definition) is 0. The lowest BCUT2D eigenvalue weighted by Crippen LogP contribution is -2.64. The van der Waals surface area contributed by atoms with Gasteiger partial charge in [0.1, 0.15) is 0 Å². The summed E-state index contributed by atoms with van der Waals surface area (Å²) in [5.41, 5.74) is 2.60. The summed E-state index contributed by atoms with van der Waals surface area (Å²) in [6.45, 7) is 5.37. The molecule has 13 nitrogen and oxygen atoms in total. The van der Waals surface area contributed by atoms with Crippen LogP contribution >= 0.6 is 0 Å². The van der Waals surface area contributed by atoms with Crippen LogP contribution in [0.1, 0.15) is 44.4 Å². The zero-order chi connectivity index (χ0) is 29.4. The molecule has 2 heterocycles. The molecular formula is C27H32N2O11. The Morgan fingerprint density at radius 1 is 0.850 bits per heavy atom. The first-order valence-electron chi connectivity index (χ1n) is 12.5. The number of rotatable bonds is 10. The van der Waals surface area contributed by atoms with Crippen LogP contribution in [0.5, 0.6) is 11.9 Å². The minimum absolute atomic E-state index is 0.00954. The topological polar surface area (TPSA) is 159 Å². The third-order valence-electron chi connectivity index (χ3n) is 5.87. The van der Waals surface area contributed by atoms with E-state index in [9.17, 15) is 19.2 Å². The summed E-state index contributed by atoms with van der Waals surface area (Å²) in [6, 6.07) is 7.89. The molecule has 1 aromatic heterocycles. The molecule has 1 aromatic carbocycles. The molecule has 5 atom stereocenters. The maximum Gasteiger partial charge on any atom is 0.339 e. The number of carbonyl (C=O) groups excluding carboxylic acids is 4. The molecule has 2 aromatic rings. The van der Waals surface area contributed by atoms with E-state index in [0.29, 0.717) is 12.0 Å². The lowest BCUT2D eigenvalue weighted by atomic mass is 9.97. The first-order chi connectivity index (χ1) is 19.1. The number of carbonyl (C=O) groups is 4. The smallest absolute Gasteiger partial charge is 0.339 e. The van der Waals surface area contributed by atoms with E-state index in [1.165, 1.54) is 18.9 Å². The Morgan fingerprint density at radius 2 is 1.43 bits per heavy atom. The first kappa shape index (κ1) is 30.3. The van der Waals surface area contributed by atoms with Crippen LogP contribution < -0.4 is 9.47 Å². The average Bonchev–Trinajstić information content (AvgIpc) is 2.91. The molecular weight excluding hydrogens is 528 g/mol. The SMILES string of the molecule is CCc1ccc(Cc2cnc(OC)nc2O[C@@H]2O[C@H](C(=O)OC)[C@@H](OC(C)=O)[C@H](OC(C)=O)[C@H]2OC(C)=O)cc1. The molecule has 0 amide bonds. The second-order valence-corrected chi connectivity index (χ2v) is 8.82. The number of ether oxygens (including phenoxy) is 7. The van der Waals surface area contributed by atoms with Gasteiger partial charge < -0.3 is 33.2 Å². The normalized spacial score (nSPS) is 22.0. The Kier molecular flexibility index (Phi) is 10.4. The standard InChI is InChI=1S/C27H32N2O11/c1-7-17-8-10-18(11-9-17)12-19-13-28-27(35-6)29-24(19)40-26-23(38-16(4)32)21(37-15(3)31)20(36-14(2)30)22(39-26)25(33)34-5/h8-11,13,20-23,26H,7,12H2,1-6H3/t20-,21-,22-,23+,26-/m0/s1. The fourth-order valence-corrected chi connectivity index (χ4v) is 4.09. The van der Waals surface area contributed by atoms with E-state index in [0.717, 1.165) is 39.9 Å². The van der Waals surface area contributed by atoms with Gasteiger partial charge in [-0.2, -0.15) is 4.98 Å². The predicted molar refractivity (Wildman–Crippen MR) is 135 cm³/mol. The summed E-state index contributed by atoms with van der Waals surface area (Å²) in [7, 11) is 2.47. The molecule has 0 N–H and O–H groups in total. The van der Waals surface area contributed by atoms with Crippen molar-refractivity contribution in [2.75, 3.05) is 14.2 Å². The molecule has 0 aliphatic carbocycles. The highest BCUT2D eigenvalue weighted by molar-refractivity contribution is 5.77. The Morgan fingerprint density at radius 3 is 1.98 bits per heavy atom. The number of hydrogen-bond acceptors (Lipinski definition) is 13. The fourth-order valence-electron chi connectivity index (χ4n) is 4.09. The molecule has 1 fully saturated rings. The van der Waals surface area contributed by atoms with E-state index in [1.807, 2.05) is 24.3 Å². The summed E-state index contributed by atoms with van der Waals surface area (Å²) < 4.78 is 38.0. The number of esters is 4. The van der Waals surface area contributed by atoms with Crippen LogP contribution in [0.15, 0.2) is 30.5 Å². The molecule has 3 rings (SSSR count). The Labute approximate surface area is 231 Å². The summed E-state index contributed by atoms with van der Waals surface area (Å²) in [5.74, 6) is -3.35. The van der Waals surface area contributed by atoms with E-state index in [4.69, 9.17) is 33.2 Å². The van der Waals surface area contributed by atoms with Crippen molar-refractivity contribution >= 4 is 23.9 Å². The maximum absolute atomic E-state index is 12.7. The van der Waals surface area contributed by atoms with E-state index in [2.05, 4.69) is 16.9 Å². The number of aryl methyl sites for hydroxylation is 1. The van der Waals surface area contributed by atoms with E-state index < -0.39 is 54.6 Å². The Hall–Kier alpha value is -4.26. The molecule has 1 saturated heterocycles. The van der Waals surface area contributed by atoms with Gasteiger partial charge in [0.2, 0.25) is 18.3 Å². The highest BCUT2D eigenvalue weighted by atomic mass is 16.7. The maximum atomic E-state index is 12.7. The molecule has 0 unspecified atom stereocenters. The lowest BCUT2D eigenvalue weighted by molar-refractivity contribution is -0.283. The van der Waals surface area contributed by atoms with E-state index >= 15 is 0 Å². The van der Waals surface area contributed by atoms with Gasteiger partial charge in [-0.3, -0.25) is 14.4 Å². The van der Waals surface area contributed by atoms with Crippen LogP contribution in [0.25, 0.3) is 0 Å². The highest BCUT2D eigenvalue weighted by Crippen LogP contribution is 2.32. The van der Waals surface area contributed by atoms with Crippen molar-refractivity contribution in [2.45, 2.75) is 71.2 Å². The zero-order valence-corrected chi connectivity index (χ0v) is 23.1. The average molecular weight is 561 g/mol. The Balaban J connectivity index is 2.06. The molecule has 0 bridgehead atoms. The largest absolute Gasteiger partial charge is 0.467 e. The Bertz CT molecular complexity index is 1220. The molecule has 216 valence electrons. The molecule has 13 heteroatoms. The number of benzene rings is 1. The van der Waals surface area contributed by atoms with Gasteiger partial charge in [-0.1, -0.05) is 31.2 Å². The minimum Gasteiger partial charge on any atom is -0.467 e. The van der Waals surface area contributed by atoms with Crippen LogP contribution in [0.3, 0.4) is 0 Å². The van der Waals surface area contributed by atoms with Crippen molar-refractivity contribution in [3.63, 3.8) is 0 Å². The van der Waals surface area contributed by atoms with Gasteiger partial charge in [-0.25, -0.2) is 9.78 Å². The molecule has 1 aliphatic heterocycles. The molecule has 0 saturated carbocycles. The van der Waals surface area contributed by atoms with Gasteiger partial charge in [0.25, 0.3) is 0 Å². The number of methoxy groups -OCH3 is 2.